The van der Waals surface area contributed by atoms with Gasteiger partial charge in [-0.1, -0.05) is 36.4 Å². The summed E-state index contributed by atoms with van der Waals surface area (Å²) in [6.07, 6.45) is 0.515. The molecular formula is C21H27ClN2O3. The predicted octanol–water partition coefficient (Wildman–Crippen LogP) is 3.03. The van der Waals surface area contributed by atoms with Crippen LogP contribution in [0.25, 0.3) is 0 Å². The third kappa shape index (κ3) is 5.70. The second-order valence-electron chi connectivity index (χ2n) is 6.51. The number of amides is 1. The molecule has 27 heavy (non-hydrogen) atoms. The van der Waals surface area contributed by atoms with Crippen LogP contribution in [0.5, 0.6) is 5.75 Å². The Balaban J connectivity index is 0.00000261. The van der Waals surface area contributed by atoms with Crippen molar-refractivity contribution in [1.29, 1.82) is 0 Å². The summed E-state index contributed by atoms with van der Waals surface area (Å²) in [5.74, 6) is 0.683. The normalized spacial score (nSPS) is 16.6. The molecule has 5 nitrogen and oxygen atoms in total. The standard InChI is InChI=1S/C21H26N2O3.ClH/c1-15(26-14-16-6-5-8-18(12-16)25-2)21(24)23-13-20-19-9-4-3-7-17(19)10-11-22-20;/h3-9,12,15,20,22H,10-11,13-14H2,1-2H3,(H,23,24);1H. The molecule has 2 aromatic carbocycles. The van der Waals surface area contributed by atoms with Crippen LogP contribution >= 0.6 is 12.4 Å². The molecule has 1 aliphatic heterocycles. The number of ether oxygens (including phenoxy) is 2. The molecular weight excluding hydrogens is 364 g/mol. The van der Waals surface area contributed by atoms with Crippen molar-refractivity contribution < 1.29 is 14.3 Å². The highest BCUT2D eigenvalue weighted by Crippen LogP contribution is 2.22. The van der Waals surface area contributed by atoms with E-state index in [0.717, 1.165) is 24.3 Å². The largest absolute Gasteiger partial charge is 0.497 e. The van der Waals surface area contributed by atoms with E-state index in [1.165, 1.54) is 11.1 Å². The molecule has 0 aliphatic carbocycles. The van der Waals surface area contributed by atoms with Gasteiger partial charge in [-0.05, 0) is 48.7 Å². The zero-order valence-corrected chi connectivity index (χ0v) is 16.6. The van der Waals surface area contributed by atoms with Gasteiger partial charge in [0.1, 0.15) is 11.9 Å². The highest BCUT2D eigenvalue weighted by molar-refractivity contribution is 5.85. The van der Waals surface area contributed by atoms with Crippen molar-refractivity contribution >= 4 is 18.3 Å². The maximum absolute atomic E-state index is 12.4. The minimum Gasteiger partial charge on any atom is -0.497 e. The molecule has 0 spiro atoms. The van der Waals surface area contributed by atoms with Gasteiger partial charge in [0.05, 0.1) is 13.7 Å². The third-order valence-corrected chi connectivity index (χ3v) is 4.70. The minimum atomic E-state index is -0.514. The molecule has 1 amide bonds. The zero-order chi connectivity index (χ0) is 18.4. The maximum atomic E-state index is 12.4. The van der Waals surface area contributed by atoms with Gasteiger partial charge in [0, 0.05) is 12.6 Å². The lowest BCUT2D eigenvalue weighted by Gasteiger charge is -2.27. The fraction of sp³-hybridized carbons (Fsp3) is 0.381. The van der Waals surface area contributed by atoms with E-state index in [1.807, 2.05) is 30.3 Å². The Bertz CT molecular complexity index is 754. The second-order valence-corrected chi connectivity index (χ2v) is 6.51. The monoisotopic (exact) mass is 390 g/mol. The highest BCUT2D eigenvalue weighted by atomic mass is 35.5. The van der Waals surface area contributed by atoms with Crippen molar-refractivity contribution in [2.24, 2.45) is 0 Å². The molecule has 0 bridgehead atoms. The van der Waals surface area contributed by atoms with Gasteiger partial charge in [-0.3, -0.25) is 4.79 Å². The summed E-state index contributed by atoms with van der Waals surface area (Å²) in [6.45, 7) is 3.64. The van der Waals surface area contributed by atoms with E-state index in [0.29, 0.717) is 13.2 Å². The van der Waals surface area contributed by atoms with Crippen LogP contribution in [-0.2, 0) is 22.6 Å². The quantitative estimate of drug-likeness (QED) is 0.763. The first kappa shape index (κ1) is 21.2. The van der Waals surface area contributed by atoms with Crippen LogP contribution in [0.2, 0.25) is 0 Å². The Kier molecular flexibility index (Phi) is 8.10. The van der Waals surface area contributed by atoms with Gasteiger partial charge in [-0.25, -0.2) is 0 Å². The van der Waals surface area contributed by atoms with Crippen molar-refractivity contribution in [3.8, 4) is 5.75 Å². The molecule has 1 aliphatic rings. The number of carbonyl (C=O) groups excluding carboxylic acids is 1. The van der Waals surface area contributed by atoms with Crippen molar-refractivity contribution in [1.82, 2.24) is 10.6 Å². The molecule has 2 unspecified atom stereocenters. The van der Waals surface area contributed by atoms with E-state index >= 15 is 0 Å². The van der Waals surface area contributed by atoms with E-state index in [9.17, 15) is 4.79 Å². The van der Waals surface area contributed by atoms with Crippen LogP contribution in [0.15, 0.2) is 48.5 Å². The predicted molar refractivity (Wildman–Crippen MR) is 108 cm³/mol. The molecule has 2 N–H and O–H groups in total. The van der Waals surface area contributed by atoms with E-state index in [4.69, 9.17) is 9.47 Å². The van der Waals surface area contributed by atoms with Gasteiger partial charge in [0.15, 0.2) is 0 Å². The van der Waals surface area contributed by atoms with Crippen molar-refractivity contribution in [3.05, 3.63) is 65.2 Å². The fourth-order valence-electron chi connectivity index (χ4n) is 3.18. The number of fused-ring (bicyclic) bond motifs is 1. The lowest BCUT2D eigenvalue weighted by Crippen LogP contribution is -2.42. The zero-order valence-electron chi connectivity index (χ0n) is 15.7. The number of carbonyl (C=O) groups is 1. The molecule has 0 saturated heterocycles. The van der Waals surface area contributed by atoms with Crippen molar-refractivity contribution in [2.75, 3.05) is 20.2 Å². The maximum Gasteiger partial charge on any atom is 0.248 e. The van der Waals surface area contributed by atoms with Gasteiger partial charge in [0.25, 0.3) is 0 Å². The highest BCUT2D eigenvalue weighted by Gasteiger charge is 2.21. The summed E-state index contributed by atoms with van der Waals surface area (Å²) in [4.78, 5) is 12.4. The number of methoxy groups -OCH3 is 1. The van der Waals surface area contributed by atoms with E-state index in [1.54, 1.807) is 14.0 Å². The lowest BCUT2D eigenvalue weighted by atomic mass is 9.94. The molecule has 6 heteroatoms. The lowest BCUT2D eigenvalue weighted by molar-refractivity contribution is -0.132. The first-order chi connectivity index (χ1) is 12.7. The SMILES string of the molecule is COc1cccc(COC(C)C(=O)NCC2NCCc3ccccc32)c1.Cl. The summed E-state index contributed by atoms with van der Waals surface area (Å²) in [5, 5.41) is 6.47. The molecule has 146 valence electrons. The Labute approximate surface area is 166 Å². The Hall–Kier alpha value is -2.08. The number of halogens is 1. The van der Waals surface area contributed by atoms with Gasteiger partial charge in [0.2, 0.25) is 5.91 Å². The van der Waals surface area contributed by atoms with Crippen molar-refractivity contribution in [2.45, 2.75) is 32.1 Å². The number of rotatable bonds is 7. The topological polar surface area (TPSA) is 59.6 Å². The average Bonchev–Trinajstić information content (AvgIpc) is 2.70. The van der Waals surface area contributed by atoms with Crippen LogP contribution in [0.4, 0.5) is 0 Å². The van der Waals surface area contributed by atoms with Crippen LogP contribution in [0, 0.1) is 0 Å². The molecule has 2 aromatic rings. The van der Waals surface area contributed by atoms with Gasteiger partial charge in [-0.2, -0.15) is 0 Å². The van der Waals surface area contributed by atoms with Crippen molar-refractivity contribution in [3.63, 3.8) is 0 Å². The molecule has 0 aromatic heterocycles. The average molecular weight is 391 g/mol. The molecule has 0 saturated carbocycles. The summed E-state index contributed by atoms with van der Waals surface area (Å²) in [6, 6.07) is 16.2. The van der Waals surface area contributed by atoms with E-state index in [2.05, 4.69) is 28.8 Å². The Morgan fingerprint density at radius 3 is 2.89 bits per heavy atom. The molecule has 1 heterocycles. The van der Waals surface area contributed by atoms with Gasteiger partial charge in [-0.15, -0.1) is 12.4 Å². The summed E-state index contributed by atoms with van der Waals surface area (Å²) in [5.41, 5.74) is 3.60. The second kappa shape index (κ2) is 10.3. The minimum absolute atomic E-state index is 0. The number of nitrogens with one attached hydrogen (secondary N) is 2. The van der Waals surface area contributed by atoms with Gasteiger partial charge >= 0.3 is 0 Å². The first-order valence-electron chi connectivity index (χ1n) is 9.01. The number of benzene rings is 2. The van der Waals surface area contributed by atoms with Crippen LogP contribution in [-0.4, -0.2) is 32.2 Å². The fourth-order valence-corrected chi connectivity index (χ4v) is 3.18. The summed E-state index contributed by atoms with van der Waals surface area (Å²) < 4.78 is 10.9. The third-order valence-electron chi connectivity index (χ3n) is 4.70. The van der Waals surface area contributed by atoms with Gasteiger partial charge < -0.3 is 20.1 Å². The molecule has 0 fully saturated rings. The molecule has 2 atom stereocenters. The van der Waals surface area contributed by atoms with Crippen LogP contribution in [0.3, 0.4) is 0 Å². The van der Waals surface area contributed by atoms with E-state index in [-0.39, 0.29) is 24.4 Å². The molecule has 3 rings (SSSR count). The Morgan fingerprint density at radius 2 is 2.07 bits per heavy atom. The summed E-state index contributed by atoms with van der Waals surface area (Å²) in [7, 11) is 1.63. The Morgan fingerprint density at radius 1 is 1.26 bits per heavy atom. The van der Waals surface area contributed by atoms with Crippen LogP contribution in [0.1, 0.15) is 29.7 Å². The smallest absolute Gasteiger partial charge is 0.248 e. The number of hydrogen-bond donors (Lipinski definition) is 2. The van der Waals surface area contributed by atoms with E-state index < -0.39 is 6.10 Å². The number of hydrogen-bond acceptors (Lipinski definition) is 4. The molecule has 0 radical (unpaired) electrons. The first-order valence-corrected chi connectivity index (χ1v) is 9.01. The summed E-state index contributed by atoms with van der Waals surface area (Å²) >= 11 is 0. The van der Waals surface area contributed by atoms with Crippen LogP contribution < -0.4 is 15.4 Å².